The van der Waals surface area contributed by atoms with E-state index in [4.69, 9.17) is 21.1 Å². The molecule has 1 unspecified atom stereocenters. The van der Waals surface area contributed by atoms with Crippen molar-refractivity contribution in [1.29, 1.82) is 0 Å². The number of carbonyl (C=O) groups is 2. The van der Waals surface area contributed by atoms with Crippen molar-refractivity contribution in [2.45, 2.75) is 70.8 Å². The third-order valence-corrected chi connectivity index (χ3v) is 7.83. The quantitative estimate of drug-likeness (QED) is 0.290. The largest absolute Gasteiger partial charge is 0.460 e. The maximum atomic E-state index is 13.8. The molecule has 0 spiro atoms. The fraction of sp³-hybridized carbons (Fsp3) is 0.613. The highest BCUT2D eigenvalue weighted by molar-refractivity contribution is 6.30. The Morgan fingerprint density at radius 3 is 2.54 bits per heavy atom. The minimum Gasteiger partial charge on any atom is -0.460 e. The van der Waals surface area contributed by atoms with Crippen LogP contribution in [0.5, 0.6) is 0 Å². The second-order valence-corrected chi connectivity index (χ2v) is 12.4. The normalized spacial score (nSPS) is 17.8. The van der Waals surface area contributed by atoms with Crippen LogP contribution in [0.2, 0.25) is 5.02 Å². The SMILES string of the molecule is C[C@@H]1CCc2ncnc(N3CCN(C(=O)C(CNCCCOCCC(=O)OC(C)(C)C)c4ccc(Cl)cc4)CC3)c21. The van der Waals surface area contributed by atoms with Gasteiger partial charge in [0.25, 0.3) is 0 Å². The summed E-state index contributed by atoms with van der Waals surface area (Å²) in [5.41, 5.74) is 2.92. The highest BCUT2D eigenvalue weighted by Gasteiger charge is 2.32. The standard InChI is InChI=1S/C31H44ClN5O4/c1-22-6-11-26-28(22)29(35-21-34-26)36-14-16-37(17-15-36)30(39)25(23-7-9-24(32)10-8-23)20-33-13-5-18-40-19-12-27(38)41-31(2,3)4/h7-10,21-22,25,33H,5-6,11-20H2,1-4H3/t22-,25?/m1/s1. The second-order valence-electron chi connectivity index (χ2n) is 11.9. The van der Waals surface area contributed by atoms with Crippen LogP contribution in [-0.4, -0.2) is 84.8 Å². The lowest BCUT2D eigenvalue weighted by molar-refractivity contribution is -0.156. The number of benzene rings is 1. The Bertz CT molecular complexity index is 1160. The Hall–Kier alpha value is -2.75. The number of nitrogens with zero attached hydrogens (tertiary/aromatic N) is 4. The van der Waals surface area contributed by atoms with Crippen LogP contribution in [0.25, 0.3) is 0 Å². The lowest BCUT2D eigenvalue weighted by Crippen LogP contribution is -2.51. The van der Waals surface area contributed by atoms with Gasteiger partial charge in [-0.1, -0.05) is 30.7 Å². The molecule has 41 heavy (non-hydrogen) atoms. The maximum absolute atomic E-state index is 13.8. The maximum Gasteiger partial charge on any atom is 0.308 e. The van der Waals surface area contributed by atoms with Gasteiger partial charge in [0.2, 0.25) is 5.91 Å². The molecule has 2 aliphatic rings. The van der Waals surface area contributed by atoms with Crippen LogP contribution in [0, 0.1) is 0 Å². The van der Waals surface area contributed by atoms with E-state index in [1.165, 1.54) is 11.3 Å². The molecule has 1 amide bonds. The van der Waals surface area contributed by atoms with Gasteiger partial charge < -0.3 is 24.6 Å². The number of ether oxygens (including phenoxy) is 2. The summed E-state index contributed by atoms with van der Waals surface area (Å²) in [6, 6.07) is 7.55. The van der Waals surface area contributed by atoms with E-state index in [2.05, 4.69) is 27.1 Å². The Morgan fingerprint density at radius 1 is 1.10 bits per heavy atom. The van der Waals surface area contributed by atoms with Crippen molar-refractivity contribution in [1.82, 2.24) is 20.2 Å². The van der Waals surface area contributed by atoms with E-state index < -0.39 is 5.60 Å². The van der Waals surface area contributed by atoms with Crippen molar-refractivity contribution < 1.29 is 19.1 Å². The topological polar surface area (TPSA) is 96.9 Å². The van der Waals surface area contributed by atoms with Crippen molar-refractivity contribution in [2.24, 2.45) is 0 Å². The molecule has 1 aliphatic heterocycles. The average molecular weight is 586 g/mol. The fourth-order valence-corrected chi connectivity index (χ4v) is 5.60. The van der Waals surface area contributed by atoms with Crippen LogP contribution in [0.15, 0.2) is 30.6 Å². The lowest BCUT2D eigenvalue weighted by Gasteiger charge is -2.38. The van der Waals surface area contributed by atoms with Gasteiger partial charge in [0.05, 0.1) is 18.9 Å². The molecule has 0 radical (unpaired) electrons. The lowest BCUT2D eigenvalue weighted by atomic mass is 9.97. The predicted molar refractivity (Wildman–Crippen MR) is 161 cm³/mol. The van der Waals surface area contributed by atoms with Crippen LogP contribution >= 0.6 is 11.6 Å². The number of fused-ring (bicyclic) bond motifs is 1. The molecule has 1 N–H and O–H groups in total. The molecule has 2 atom stereocenters. The van der Waals surface area contributed by atoms with Gasteiger partial charge in [0.15, 0.2) is 0 Å². The van der Waals surface area contributed by atoms with E-state index in [9.17, 15) is 9.59 Å². The van der Waals surface area contributed by atoms with E-state index >= 15 is 0 Å². The molecule has 1 aromatic heterocycles. The van der Waals surface area contributed by atoms with Gasteiger partial charge in [0, 0.05) is 55.6 Å². The third kappa shape index (κ3) is 8.87. The van der Waals surface area contributed by atoms with E-state index in [1.807, 2.05) is 49.9 Å². The molecule has 4 rings (SSSR count). The molecule has 2 heterocycles. The molecule has 0 saturated carbocycles. The summed E-state index contributed by atoms with van der Waals surface area (Å²) in [7, 11) is 0. The van der Waals surface area contributed by atoms with Gasteiger partial charge in [-0.2, -0.15) is 0 Å². The summed E-state index contributed by atoms with van der Waals surface area (Å²) in [4.78, 5) is 39.0. The zero-order valence-corrected chi connectivity index (χ0v) is 25.6. The first-order valence-electron chi connectivity index (χ1n) is 14.8. The molecule has 10 heteroatoms. The summed E-state index contributed by atoms with van der Waals surface area (Å²) >= 11 is 6.14. The number of carbonyl (C=O) groups excluding carboxylic acids is 2. The molecular formula is C31H44ClN5O4. The van der Waals surface area contributed by atoms with Crippen molar-refractivity contribution in [2.75, 3.05) is 57.4 Å². The van der Waals surface area contributed by atoms with Gasteiger partial charge in [-0.3, -0.25) is 9.59 Å². The number of halogens is 1. The van der Waals surface area contributed by atoms with E-state index in [1.54, 1.807) is 6.33 Å². The number of piperazine rings is 1. The summed E-state index contributed by atoms with van der Waals surface area (Å²) in [6.45, 7) is 12.7. The van der Waals surface area contributed by atoms with Crippen molar-refractivity contribution in [3.8, 4) is 0 Å². The second kappa shape index (κ2) is 14.4. The minimum absolute atomic E-state index is 0.120. The molecule has 2 aromatic rings. The minimum atomic E-state index is -0.484. The monoisotopic (exact) mass is 585 g/mol. The smallest absolute Gasteiger partial charge is 0.308 e. The molecular weight excluding hydrogens is 542 g/mol. The third-order valence-electron chi connectivity index (χ3n) is 7.57. The number of rotatable bonds is 12. The molecule has 0 bridgehead atoms. The summed E-state index contributed by atoms with van der Waals surface area (Å²) < 4.78 is 10.9. The number of anilines is 1. The van der Waals surface area contributed by atoms with Gasteiger partial charge in [-0.15, -0.1) is 0 Å². The number of hydrogen-bond acceptors (Lipinski definition) is 8. The molecule has 1 aliphatic carbocycles. The predicted octanol–water partition coefficient (Wildman–Crippen LogP) is 4.34. The van der Waals surface area contributed by atoms with Crippen LogP contribution in [0.4, 0.5) is 5.82 Å². The fourth-order valence-electron chi connectivity index (χ4n) is 5.47. The molecule has 224 valence electrons. The van der Waals surface area contributed by atoms with Crippen molar-refractivity contribution in [3.05, 3.63) is 52.4 Å². The molecule has 1 aromatic carbocycles. The van der Waals surface area contributed by atoms with Crippen LogP contribution in [0.1, 0.15) is 75.6 Å². The summed E-state index contributed by atoms with van der Waals surface area (Å²) in [6.07, 6.45) is 4.82. The van der Waals surface area contributed by atoms with Crippen molar-refractivity contribution in [3.63, 3.8) is 0 Å². The molecule has 1 fully saturated rings. The average Bonchev–Trinajstić information content (AvgIpc) is 3.32. The van der Waals surface area contributed by atoms with Crippen molar-refractivity contribution >= 4 is 29.3 Å². The highest BCUT2D eigenvalue weighted by Crippen LogP contribution is 2.37. The van der Waals surface area contributed by atoms with Gasteiger partial charge in [-0.05, 0) is 70.2 Å². The summed E-state index contributed by atoms with van der Waals surface area (Å²) in [5, 5.41) is 4.09. The zero-order valence-electron chi connectivity index (χ0n) is 24.8. The Balaban J connectivity index is 1.26. The Labute approximate surface area is 249 Å². The van der Waals surface area contributed by atoms with E-state index in [0.29, 0.717) is 50.3 Å². The van der Waals surface area contributed by atoms with Crippen LogP contribution < -0.4 is 10.2 Å². The Morgan fingerprint density at radius 2 is 1.83 bits per heavy atom. The zero-order chi connectivity index (χ0) is 29.4. The number of hydrogen-bond donors (Lipinski definition) is 1. The molecule has 9 nitrogen and oxygen atoms in total. The first-order valence-corrected chi connectivity index (χ1v) is 15.1. The number of aryl methyl sites for hydroxylation is 1. The van der Waals surface area contributed by atoms with E-state index in [-0.39, 0.29) is 24.2 Å². The van der Waals surface area contributed by atoms with Crippen LogP contribution in [0.3, 0.4) is 0 Å². The number of amides is 1. The first-order chi connectivity index (χ1) is 19.6. The number of esters is 1. The molecule has 1 saturated heterocycles. The number of nitrogens with one attached hydrogen (secondary N) is 1. The number of aromatic nitrogens is 2. The van der Waals surface area contributed by atoms with Gasteiger partial charge in [-0.25, -0.2) is 9.97 Å². The van der Waals surface area contributed by atoms with Crippen LogP contribution in [-0.2, 0) is 25.5 Å². The first kappa shape index (κ1) is 31.2. The summed E-state index contributed by atoms with van der Waals surface area (Å²) in [5.74, 6) is 1.06. The van der Waals surface area contributed by atoms with Gasteiger partial charge in [0.1, 0.15) is 17.7 Å². The van der Waals surface area contributed by atoms with E-state index in [0.717, 1.165) is 43.7 Å². The highest BCUT2D eigenvalue weighted by atomic mass is 35.5. The Kier molecular flexibility index (Phi) is 11.0. The van der Waals surface area contributed by atoms with Gasteiger partial charge >= 0.3 is 5.97 Å².